The molecule has 0 bridgehead atoms. The minimum atomic E-state index is -3.69. The van der Waals surface area contributed by atoms with Crippen molar-refractivity contribution in [1.82, 2.24) is 0 Å². The number of benzene rings is 2. The van der Waals surface area contributed by atoms with Gasteiger partial charge in [0.05, 0.1) is 13.2 Å². The third-order valence-electron chi connectivity index (χ3n) is 3.20. The third kappa shape index (κ3) is 5.45. The van der Waals surface area contributed by atoms with E-state index in [1.807, 2.05) is 60.7 Å². The Morgan fingerprint density at radius 1 is 0.957 bits per heavy atom. The zero-order chi connectivity index (χ0) is 16.5. The van der Waals surface area contributed by atoms with Crippen molar-refractivity contribution in [2.24, 2.45) is 0 Å². The van der Waals surface area contributed by atoms with E-state index >= 15 is 0 Å². The molecule has 4 nitrogen and oxygen atoms in total. The van der Waals surface area contributed by atoms with Crippen LogP contribution in [-0.4, -0.2) is 11.0 Å². The smallest absolute Gasteiger partial charge is 0.363 e. The molecule has 0 saturated carbocycles. The number of allylic oxidation sites excluding steroid dienone is 1. The molecule has 23 heavy (non-hydrogen) atoms. The summed E-state index contributed by atoms with van der Waals surface area (Å²) in [6.45, 7) is 1.96. The number of rotatable bonds is 8. The van der Waals surface area contributed by atoms with Gasteiger partial charge in [0.15, 0.2) is 5.85 Å². The molecule has 0 aliphatic rings. The van der Waals surface area contributed by atoms with E-state index in [0.29, 0.717) is 0 Å². The molecule has 0 amide bonds. The molecular formula is C18H21O4P. The second-order valence-electron chi connectivity index (χ2n) is 5.00. The fourth-order valence-corrected chi connectivity index (χ4v) is 3.37. The van der Waals surface area contributed by atoms with Crippen molar-refractivity contribution in [1.29, 1.82) is 0 Å². The SMILES string of the molecule is C/C=C/C(O)P(=O)(OCc1ccccc1)OCc1ccccc1. The minimum Gasteiger partial charge on any atom is -0.377 e. The normalized spacial score (nSPS) is 13.3. The number of aliphatic hydroxyl groups is 1. The lowest BCUT2D eigenvalue weighted by Crippen LogP contribution is -2.10. The van der Waals surface area contributed by atoms with Crippen LogP contribution in [-0.2, 0) is 26.8 Å². The van der Waals surface area contributed by atoms with E-state index in [-0.39, 0.29) is 13.2 Å². The van der Waals surface area contributed by atoms with Gasteiger partial charge in [-0.15, -0.1) is 0 Å². The fourth-order valence-electron chi connectivity index (χ4n) is 1.95. The van der Waals surface area contributed by atoms with E-state index in [1.54, 1.807) is 13.0 Å². The van der Waals surface area contributed by atoms with E-state index in [0.717, 1.165) is 11.1 Å². The second kappa shape index (κ2) is 8.80. The first-order valence-electron chi connectivity index (χ1n) is 7.41. The van der Waals surface area contributed by atoms with Crippen LogP contribution in [0.1, 0.15) is 18.1 Å². The van der Waals surface area contributed by atoms with Crippen LogP contribution in [0.15, 0.2) is 72.8 Å². The topological polar surface area (TPSA) is 55.8 Å². The number of hydrogen-bond donors (Lipinski definition) is 1. The summed E-state index contributed by atoms with van der Waals surface area (Å²) in [5.41, 5.74) is 1.73. The van der Waals surface area contributed by atoms with Crippen molar-refractivity contribution in [2.75, 3.05) is 0 Å². The van der Waals surface area contributed by atoms with Crippen molar-refractivity contribution < 1.29 is 18.7 Å². The second-order valence-corrected chi connectivity index (χ2v) is 7.12. The Morgan fingerprint density at radius 2 is 1.39 bits per heavy atom. The molecule has 1 N–H and O–H groups in total. The van der Waals surface area contributed by atoms with Crippen molar-refractivity contribution in [2.45, 2.75) is 26.0 Å². The van der Waals surface area contributed by atoms with Gasteiger partial charge in [0.25, 0.3) is 0 Å². The van der Waals surface area contributed by atoms with Crippen LogP contribution in [0.4, 0.5) is 0 Å². The molecule has 2 rings (SSSR count). The lowest BCUT2D eigenvalue weighted by atomic mass is 10.2. The average Bonchev–Trinajstić information content (AvgIpc) is 2.60. The Balaban J connectivity index is 2.07. The summed E-state index contributed by atoms with van der Waals surface area (Å²) in [5.74, 6) is -1.29. The van der Waals surface area contributed by atoms with Gasteiger partial charge in [-0.3, -0.25) is 4.57 Å². The number of hydrogen-bond acceptors (Lipinski definition) is 4. The van der Waals surface area contributed by atoms with Gasteiger partial charge in [-0.2, -0.15) is 0 Å². The lowest BCUT2D eigenvalue weighted by molar-refractivity contribution is 0.148. The quantitative estimate of drug-likeness (QED) is 0.571. The van der Waals surface area contributed by atoms with Gasteiger partial charge in [0, 0.05) is 0 Å². The molecule has 0 fully saturated rings. The van der Waals surface area contributed by atoms with Gasteiger partial charge in [0.2, 0.25) is 0 Å². The molecular weight excluding hydrogens is 311 g/mol. The Labute approximate surface area is 136 Å². The molecule has 0 aliphatic heterocycles. The van der Waals surface area contributed by atoms with Crippen molar-refractivity contribution in [3.63, 3.8) is 0 Å². The van der Waals surface area contributed by atoms with E-state index in [1.165, 1.54) is 6.08 Å². The molecule has 1 atom stereocenters. The number of aliphatic hydroxyl groups excluding tert-OH is 1. The highest BCUT2D eigenvalue weighted by Gasteiger charge is 2.33. The van der Waals surface area contributed by atoms with Crippen LogP contribution >= 0.6 is 7.60 Å². The Bertz CT molecular complexity index is 608. The van der Waals surface area contributed by atoms with Crippen LogP contribution in [0.3, 0.4) is 0 Å². The van der Waals surface area contributed by atoms with Crippen LogP contribution in [0.2, 0.25) is 0 Å². The monoisotopic (exact) mass is 332 g/mol. The molecule has 5 heteroatoms. The molecule has 122 valence electrons. The molecule has 0 saturated heterocycles. The molecule has 2 aromatic carbocycles. The highest BCUT2D eigenvalue weighted by molar-refractivity contribution is 7.54. The summed E-state index contributed by atoms with van der Waals surface area (Å²) in [5, 5.41) is 10.1. The lowest BCUT2D eigenvalue weighted by Gasteiger charge is -2.21. The van der Waals surface area contributed by atoms with Crippen LogP contribution in [0.25, 0.3) is 0 Å². The van der Waals surface area contributed by atoms with E-state index in [9.17, 15) is 9.67 Å². The molecule has 2 aromatic rings. The van der Waals surface area contributed by atoms with Gasteiger partial charge in [-0.05, 0) is 24.1 Å². The van der Waals surface area contributed by atoms with Gasteiger partial charge in [0.1, 0.15) is 0 Å². The molecule has 0 aromatic heterocycles. The first-order valence-corrected chi connectivity index (χ1v) is 9.03. The molecule has 0 aliphatic carbocycles. The van der Waals surface area contributed by atoms with E-state index in [2.05, 4.69) is 0 Å². The summed E-state index contributed by atoms with van der Waals surface area (Å²) in [7, 11) is -3.69. The zero-order valence-electron chi connectivity index (χ0n) is 13.0. The van der Waals surface area contributed by atoms with Crippen LogP contribution in [0.5, 0.6) is 0 Å². The van der Waals surface area contributed by atoms with E-state index < -0.39 is 13.4 Å². The summed E-state index contributed by atoms with van der Waals surface area (Å²) < 4.78 is 23.9. The first kappa shape index (κ1) is 17.6. The summed E-state index contributed by atoms with van der Waals surface area (Å²) in [4.78, 5) is 0. The third-order valence-corrected chi connectivity index (χ3v) is 4.99. The average molecular weight is 332 g/mol. The Kier molecular flexibility index (Phi) is 6.75. The maximum atomic E-state index is 12.9. The van der Waals surface area contributed by atoms with Crippen LogP contribution in [0, 0.1) is 0 Å². The predicted molar refractivity (Wildman–Crippen MR) is 90.9 cm³/mol. The molecule has 0 radical (unpaired) electrons. The molecule has 0 spiro atoms. The molecule has 0 heterocycles. The Hall–Kier alpha value is -1.71. The van der Waals surface area contributed by atoms with Crippen molar-refractivity contribution in [3.8, 4) is 0 Å². The maximum Gasteiger partial charge on any atom is 0.363 e. The standard InChI is InChI=1S/C18H21O4P/c1-2-9-18(19)23(20,21-14-16-10-5-3-6-11-16)22-15-17-12-7-4-8-13-17/h2-13,18-19H,14-15H2,1H3/b9-2+. The minimum absolute atomic E-state index is 0.113. The van der Waals surface area contributed by atoms with Crippen LogP contribution < -0.4 is 0 Å². The highest BCUT2D eigenvalue weighted by Crippen LogP contribution is 2.53. The van der Waals surface area contributed by atoms with Gasteiger partial charge in [-0.1, -0.05) is 66.7 Å². The maximum absolute atomic E-state index is 12.9. The predicted octanol–water partition coefficient (Wildman–Crippen LogP) is 4.51. The highest BCUT2D eigenvalue weighted by atomic mass is 31.2. The first-order chi connectivity index (χ1) is 11.1. The largest absolute Gasteiger partial charge is 0.377 e. The summed E-state index contributed by atoms with van der Waals surface area (Å²) in [6, 6.07) is 18.7. The van der Waals surface area contributed by atoms with Gasteiger partial charge >= 0.3 is 7.60 Å². The fraction of sp³-hybridized carbons (Fsp3) is 0.222. The Morgan fingerprint density at radius 3 is 1.78 bits per heavy atom. The molecule has 1 unspecified atom stereocenters. The summed E-state index contributed by atoms with van der Waals surface area (Å²) in [6.07, 6.45) is 3.03. The van der Waals surface area contributed by atoms with Gasteiger partial charge < -0.3 is 14.2 Å². The zero-order valence-corrected chi connectivity index (χ0v) is 13.9. The van der Waals surface area contributed by atoms with Crippen molar-refractivity contribution in [3.05, 3.63) is 83.9 Å². The summed E-state index contributed by atoms with van der Waals surface area (Å²) >= 11 is 0. The van der Waals surface area contributed by atoms with Gasteiger partial charge in [-0.25, -0.2) is 0 Å². The van der Waals surface area contributed by atoms with E-state index in [4.69, 9.17) is 9.05 Å². The van der Waals surface area contributed by atoms with Crippen molar-refractivity contribution >= 4 is 7.60 Å².